The van der Waals surface area contributed by atoms with Gasteiger partial charge in [0.1, 0.15) is 0 Å². The molecule has 1 heterocycles. The Labute approximate surface area is 271 Å². The molecule has 1 aliphatic carbocycles. The molecule has 1 fully saturated rings. The van der Waals surface area contributed by atoms with Crippen molar-refractivity contribution in [3.8, 4) is 11.5 Å². The second-order valence-electron chi connectivity index (χ2n) is 9.76. The van der Waals surface area contributed by atoms with Crippen molar-refractivity contribution in [1.82, 2.24) is 10.3 Å². The van der Waals surface area contributed by atoms with Crippen LogP contribution in [0.15, 0.2) is 46.9 Å². The monoisotopic (exact) mass is 633 g/mol. The van der Waals surface area contributed by atoms with Crippen molar-refractivity contribution >= 4 is 46.7 Å². The minimum atomic E-state index is -5.02. The standard InChI is InChI=1S/C28H26Cl2F3N3O5.Na/c29-19-2-1-3-20(30)23(19)27-36-24(25(41-27)28(31,32)33)26(40)34-13-12-21(37)35-18-10-8-17(9-11-18)16-6-4-15(5-7-16)14-22(38)39;/h1-3,8-11,15-16H,4-7,12-14H2,(H,34,40)(H,35,37)(H,38,39);/q;+1/p-1/t15-,16-;. The first-order chi connectivity index (χ1) is 19.4. The van der Waals surface area contributed by atoms with E-state index in [1.54, 1.807) is 12.1 Å². The molecule has 1 aromatic heterocycles. The van der Waals surface area contributed by atoms with Crippen LogP contribution in [0.1, 0.15) is 66.3 Å². The zero-order valence-corrected chi connectivity index (χ0v) is 26.0. The number of benzene rings is 2. The van der Waals surface area contributed by atoms with Gasteiger partial charge < -0.3 is 25.0 Å². The number of carboxylic acids is 1. The number of nitrogens with zero attached hydrogens (tertiary/aromatic N) is 1. The zero-order chi connectivity index (χ0) is 29.7. The molecule has 14 heteroatoms. The Bertz CT molecular complexity index is 1400. The second kappa shape index (κ2) is 14.7. The van der Waals surface area contributed by atoms with Gasteiger partial charge in [0.05, 0.1) is 15.6 Å². The number of carboxylic acid groups (broad SMARTS) is 1. The maximum atomic E-state index is 13.6. The van der Waals surface area contributed by atoms with Crippen molar-refractivity contribution in [3.63, 3.8) is 0 Å². The van der Waals surface area contributed by atoms with Gasteiger partial charge in [-0.05, 0) is 73.8 Å². The van der Waals surface area contributed by atoms with Crippen LogP contribution in [0, 0.1) is 5.92 Å². The van der Waals surface area contributed by atoms with Crippen LogP contribution in [0.25, 0.3) is 11.5 Å². The van der Waals surface area contributed by atoms with Gasteiger partial charge in [0.25, 0.3) is 5.91 Å². The third kappa shape index (κ3) is 8.73. The van der Waals surface area contributed by atoms with Gasteiger partial charge in [0.15, 0.2) is 5.69 Å². The van der Waals surface area contributed by atoms with E-state index in [4.69, 9.17) is 27.6 Å². The molecule has 0 unspecified atom stereocenters. The molecular weight excluding hydrogens is 609 g/mol. The number of alkyl halides is 3. The number of rotatable bonds is 9. The minimum absolute atomic E-state index is 0. The van der Waals surface area contributed by atoms with E-state index in [2.05, 4.69) is 15.6 Å². The van der Waals surface area contributed by atoms with Gasteiger partial charge >= 0.3 is 35.7 Å². The molecule has 2 N–H and O–H groups in total. The first kappa shape index (κ1) is 33.9. The van der Waals surface area contributed by atoms with Crippen LogP contribution in [-0.4, -0.2) is 29.3 Å². The first-order valence-electron chi connectivity index (χ1n) is 12.8. The molecule has 0 bridgehead atoms. The van der Waals surface area contributed by atoms with Crippen LogP contribution in [0.3, 0.4) is 0 Å². The van der Waals surface area contributed by atoms with Gasteiger partial charge in [-0.1, -0.05) is 41.4 Å². The normalized spacial score (nSPS) is 16.8. The fourth-order valence-electron chi connectivity index (χ4n) is 4.85. The van der Waals surface area contributed by atoms with E-state index in [1.807, 2.05) is 12.1 Å². The molecule has 2 amide bonds. The fourth-order valence-corrected chi connectivity index (χ4v) is 5.41. The molecule has 4 rings (SSSR count). The maximum Gasteiger partial charge on any atom is 1.00 e. The van der Waals surface area contributed by atoms with E-state index in [-0.39, 0.29) is 70.5 Å². The SMILES string of the molecule is O=C([O-])C[C@H]1CC[C@H](c2ccc(NC(=O)CCNC(=O)c3nc(-c4c(Cl)cccc4Cl)oc3C(F)(F)F)cc2)CC1.[Na+]. The number of hydrogen-bond donors (Lipinski definition) is 2. The number of hydrogen-bond acceptors (Lipinski definition) is 6. The van der Waals surface area contributed by atoms with Crippen LogP contribution in [0.5, 0.6) is 0 Å². The van der Waals surface area contributed by atoms with Crippen molar-refractivity contribution in [2.24, 2.45) is 5.92 Å². The van der Waals surface area contributed by atoms with Crippen molar-refractivity contribution in [2.75, 3.05) is 11.9 Å². The van der Waals surface area contributed by atoms with Gasteiger partial charge in [-0.15, -0.1) is 0 Å². The van der Waals surface area contributed by atoms with Gasteiger partial charge in [0.2, 0.25) is 17.6 Å². The summed E-state index contributed by atoms with van der Waals surface area (Å²) in [5.41, 5.74) is 0.517. The summed E-state index contributed by atoms with van der Waals surface area (Å²) in [4.78, 5) is 39.4. The molecule has 8 nitrogen and oxygen atoms in total. The molecule has 0 atom stereocenters. The van der Waals surface area contributed by atoms with Crippen LogP contribution in [0.2, 0.25) is 10.0 Å². The number of halogens is 5. The Kier molecular flexibility index (Phi) is 11.9. The average molecular weight is 634 g/mol. The number of anilines is 1. The Morgan fingerprint density at radius 1 is 1.00 bits per heavy atom. The van der Waals surface area contributed by atoms with E-state index in [0.717, 1.165) is 31.2 Å². The summed E-state index contributed by atoms with van der Waals surface area (Å²) in [6, 6.07) is 11.5. The largest absolute Gasteiger partial charge is 1.00 e. The van der Waals surface area contributed by atoms with Gasteiger partial charge in [0, 0.05) is 24.6 Å². The summed E-state index contributed by atoms with van der Waals surface area (Å²) >= 11 is 12.1. The molecule has 2 aromatic carbocycles. The third-order valence-electron chi connectivity index (χ3n) is 6.88. The molecule has 1 aliphatic rings. The molecule has 0 saturated heterocycles. The fraction of sp³-hybridized carbons (Fsp3) is 0.357. The predicted octanol–water partition coefficient (Wildman–Crippen LogP) is 2.84. The summed E-state index contributed by atoms with van der Waals surface area (Å²) in [6.07, 6.45) is -1.77. The number of aromatic nitrogens is 1. The molecule has 0 aliphatic heterocycles. The van der Waals surface area contributed by atoms with E-state index >= 15 is 0 Å². The van der Waals surface area contributed by atoms with Crippen LogP contribution < -0.4 is 45.3 Å². The number of nitrogens with one attached hydrogen (secondary N) is 2. The minimum Gasteiger partial charge on any atom is -0.550 e. The smallest absolute Gasteiger partial charge is 0.550 e. The number of aliphatic carboxylic acids is 1. The van der Waals surface area contributed by atoms with Crippen molar-refractivity contribution in [2.45, 2.75) is 50.6 Å². The van der Waals surface area contributed by atoms with Gasteiger partial charge in [-0.3, -0.25) is 9.59 Å². The summed E-state index contributed by atoms with van der Waals surface area (Å²) in [6.45, 7) is -0.260. The topological polar surface area (TPSA) is 124 Å². The maximum absolute atomic E-state index is 13.6. The number of carbonyl (C=O) groups is 3. The molecule has 42 heavy (non-hydrogen) atoms. The van der Waals surface area contributed by atoms with E-state index in [9.17, 15) is 32.7 Å². The Morgan fingerprint density at radius 2 is 1.62 bits per heavy atom. The first-order valence-corrected chi connectivity index (χ1v) is 13.6. The summed E-state index contributed by atoms with van der Waals surface area (Å²) in [7, 11) is 0. The average Bonchev–Trinajstić information content (AvgIpc) is 3.35. The van der Waals surface area contributed by atoms with E-state index in [0.29, 0.717) is 11.6 Å². The van der Waals surface area contributed by atoms with Crippen molar-refractivity contribution in [3.05, 3.63) is 69.5 Å². The Morgan fingerprint density at radius 3 is 2.19 bits per heavy atom. The van der Waals surface area contributed by atoms with Crippen LogP contribution >= 0.6 is 23.2 Å². The molecule has 3 aromatic rings. The molecule has 0 spiro atoms. The zero-order valence-electron chi connectivity index (χ0n) is 22.5. The Balaban J connectivity index is 0.00000484. The predicted molar refractivity (Wildman–Crippen MR) is 143 cm³/mol. The quantitative estimate of drug-likeness (QED) is 0.349. The van der Waals surface area contributed by atoms with E-state index in [1.165, 1.54) is 18.2 Å². The van der Waals surface area contributed by atoms with E-state index < -0.39 is 41.3 Å². The molecule has 1 saturated carbocycles. The number of amides is 2. The number of oxazole rings is 1. The molecular formula is C28H25Cl2F3N3NaO5. The van der Waals surface area contributed by atoms with Crippen molar-refractivity contribution < 1.29 is 66.6 Å². The van der Waals surface area contributed by atoms with Crippen LogP contribution in [-0.2, 0) is 15.8 Å². The van der Waals surface area contributed by atoms with Crippen molar-refractivity contribution in [1.29, 1.82) is 0 Å². The summed E-state index contributed by atoms with van der Waals surface area (Å²) in [5, 5.41) is 15.7. The Hall–Kier alpha value is -2.57. The third-order valence-corrected chi connectivity index (χ3v) is 7.51. The van der Waals surface area contributed by atoms with Gasteiger partial charge in [-0.25, -0.2) is 4.98 Å². The van der Waals surface area contributed by atoms with Crippen LogP contribution in [0.4, 0.5) is 18.9 Å². The summed E-state index contributed by atoms with van der Waals surface area (Å²) < 4.78 is 45.6. The molecule has 0 radical (unpaired) electrons. The molecule has 218 valence electrons. The van der Waals surface area contributed by atoms with Gasteiger partial charge in [-0.2, -0.15) is 13.2 Å². The second-order valence-corrected chi connectivity index (χ2v) is 10.6. The summed E-state index contributed by atoms with van der Waals surface area (Å²) in [5.74, 6) is -4.39. The number of carbonyl (C=O) groups excluding carboxylic acids is 3.